The summed E-state index contributed by atoms with van der Waals surface area (Å²) in [5.41, 5.74) is 1.60. The third-order valence-corrected chi connectivity index (χ3v) is 6.15. The predicted octanol–water partition coefficient (Wildman–Crippen LogP) is 5.58. The quantitative estimate of drug-likeness (QED) is 0.266. The molecule has 0 aliphatic heterocycles. The van der Waals surface area contributed by atoms with E-state index in [2.05, 4.69) is 25.6 Å². The predicted molar refractivity (Wildman–Crippen MR) is 137 cm³/mol. The molecule has 0 aliphatic carbocycles. The second-order valence-corrected chi connectivity index (χ2v) is 8.79. The summed E-state index contributed by atoms with van der Waals surface area (Å²) >= 11 is 6.20. The van der Waals surface area contributed by atoms with Gasteiger partial charge in [0.1, 0.15) is 28.8 Å². The number of H-pyrrole nitrogens is 1. The number of aromatic nitrogens is 5. The zero-order chi connectivity index (χ0) is 26.8. The molecule has 0 radical (unpaired) electrons. The first-order chi connectivity index (χ1) is 18.3. The first-order valence-electron chi connectivity index (χ1n) is 11.4. The van der Waals surface area contributed by atoms with Crippen molar-refractivity contribution in [3.05, 3.63) is 112 Å². The van der Waals surface area contributed by atoms with Crippen LogP contribution in [0.3, 0.4) is 0 Å². The van der Waals surface area contributed by atoms with E-state index in [1.165, 1.54) is 23.0 Å². The molecule has 0 saturated carbocycles. The van der Waals surface area contributed by atoms with Crippen molar-refractivity contribution in [2.75, 3.05) is 5.32 Å². The number of carbonyl (C=O) groups excluding carboxylic acids is 2. The van der Waals surface area contributed by atoms with Crippen LogP contribution in [0.5, 0.6) is 0 Å². The molecule has 8 nitrogen and oxygen atoms in total. The maximum absolute atomic E-state index is 14.7. The number of para-hydroxylation sites is 1. The third-order valence-electron chi connectivity index (χ3n) is 5.84. The number of carbonyl (C=O) groups is 2. The monoisotopic (exact) mass is 532 g/mol. The summed E-state index contributed by atoms with van der Waals surface area (Å²) in [6.07, 6.45) is 2.95. The van der Waals surface area contributed by atoms with E-state index < -0.39 is 17.5 Å². The lowest BCUT2D eigenvalue weighted by atomic mass is 10.1. The third kappa shape index (κ3) is 4.94. The Morgan fingerprint density at radius 1 is 1.05 bits per heavy atom. The molecule has 5 rings (SSSR count). The molecule has 0 fully saturated rings. The molecule has 3 heterocycles. The van der Waals surface area contributed by atoms with Gasteiger partial charge in [0.15, 0.2) is 5.78 Å². The van der Waals surface area contributed by atoms with Gasteiger partial charge in [0.05, 0.1) is 22.5 Å². The number of hydrogen-bond acceptors (Lipinski definition) is 5. The van der Waals surface area contributed by atoms with Crippen LogP contribution in [-0.4, -0.2) is 36.7 Å². The van der Waals surface area contributed by atoms with Crippen LogP contribution in [0, 0.1) is 18.6 Å². The fourth-order valence-corrected chi connectivity index (χ4v) is 4.10. The Balaban J connectivity index is 1.51. The van der Waals surface area contributed by atoms with Crippen LogP contribution in [0.25, 0.3) is 16.9 Å². The van der Waals surface area contributed by atoms with Crippen molar-refractivity contribution < 1.29 is 18.4 Å². The van der Waals surface area contributed by atoms with Gasteiger partial charge in [-0.2, -0.15) is 10.2 Å². The summed E-state index contributed by atoms with van der Waals surface area (Å²) in [4.78, 5) is 30.2. The number of nitrogens with one attached hydrogen (secondary N) is 2. The average Bonchev–Trinajstić information content (AvgIpc) is 3.51. The lowest BCUT2D eigenvalue weighted by molar-refractivity contribution is 0.0985. The van der Waals surface area contributed by atoms with Gasteiger partial charge in [-0.05, 0) is 43.3 Å². The summed E-state index contributed by atoms with van der Waals surface area (Å²) in [6, 6.07) is 14.9. The molecule has 0 atom stereocenters. The summed E-state index contributed by atoms with van der Waals surface area (Å²) in [7, 11) is 0. The van der Waals surface area contributed by atoms with Gasteiger partial charge in [-0.3, -0.25) is 19.7 Å². The van der Waals surface area contributed by atoms with E-state index in [0.717, 1.165) is 29.5 Å². The maximum Gasteiger partial charge on any atom is 0.258 e. The topological polar surface area (TPSA) is 106 Å². The van der Waals surface area contributed by atoms with Gasteiger partial charge >= 0.3 is 0 Å². The number of aryl methyl sites for hydroxylation is 1. The Morgan fingerprint density at radius 2 is 1.84 bits per heavy atom. The molecule has 0 bridgehead atoms. The summed E-state index contributed by atoms with van der Waals surface area (Å²) in [6.45, 7) is 1.81. The van der Waals surface area contributed by atoms with Crippen molar-refractivity contribution in [3.63, 3.8) is 0 Å². The molecular weight excluding hydrogens is 514 g/mol. The van der Waals surface area contributed by atoms with Gasteiger partial charge in [0.25, 0.3) is 5.91 Å². The summed E-state index contributed by atoms with van der Waals surface area (Å²) in [5.74, 6) is -2.40. The number of pyridine rings is 1. The van der Waals surface area contributed by atoms with Crippen LogP contribution < -0.4 is 5.32 Å². The number of Topliss-reactive ketones (excluding diaryl/α,β-unsaturated/α-hetero) is 1. The number of amides is 1. The van der Waals surface area contributed by atoms with Crippen LogP contribution in [0.2, 0.25) is 5.02 Å². The van der Waals surface area contributed by atoms with Gasteiger partial charge in [-0.15, -0.1) is 0 Å². The Labute approximate surface area is 220 Å². The van der Waals surface area contributed by atoms with E-state index in [4.69, 9.17) is 11.6 Å². The number of aromatic amines is 1. The van der Waals surface area contributed by atoms with Gasteiger partial charge in [-0.25, -0.2) is 13.5 Å². The van der Waals surface area contributed by atoms with Gasteiger partial charge in [0, 0.05) is 35.5 Å². The molecule has 0 unspecified atom stereocenters. The molecule has 0 aliphatic rings. The van der Waals surface area contributed by atoms with E-state index in [1.807, 2.05) is 6.07 Å². The second-order valence-electron chi connectivity index (χ2n) is 8.38. The van der Waals surface area contributed by atoms with Crippen molar-refractivity contribution in [2.24, 2.45) is 0 Å². The zero-order valence-electron chi connectivity index (χ0n) is 19.9. The molecule has 190 valence electrons. The Kier molecular flexibility index (Phi) is 6.80. The highest BCUT2D eigenvalue weighted by Gasteiger charge is 2.22. The van der Waals surface area contributed by atoms with Gasteiger partial charge < -0.3 is 5.32 Å². The smallest absolute Gasteiger partial charge is 0.258 e. The number of ketones is 1. The number of rotatable bonds is 7. The van der Waals surface area contributed by atoms with Gasteiger partial charge in [-0.1, -0.05) is 29.8 Å². The Hall–Kier alpha value is -4.70. The summed E-state index contributed by atoms with van der Waals surface area (Å²) in [5, 5.41) is 13.7. The molecule has 2 N–H and O–H groups in total. The highest BCUT2D eigenvalue weighted by atomic mass is 35.5. The van der Waals surface area contributed by atoms with Crippen LogP contribution in [-0.2, 0) is 6.42 Å². The highest BCUT2D eigenvalue weighted by molar-refractivity contribution is 6.34. The van der Waals surface area contributed by atoms with Crippen molar-refractivity contribution in [1.29, 1.82) is 0 Å². The number of anilines is 1. The minimum absolute atomic E-state index is 0.0598. The molecule has 0 spiro atoms. The van der Waals surface area contributed by atoms with E-state index in [0.29, 0.717) is 5.69 Å². The first kappa shape index (κ1) is 25.0. The molecule has 11 heteroatoms. The maximum atomic E-state index is 14.7. The van der Waals surface area contributed by atoms with Crippen LogP contribution in [0.1, 0.15) is 32.1 Å². The number of halogens is 3. The van der Waals surface area contributed by atoms with Gasteiger partial charge in [0.2, 0.25) is 0 Å². The normalized spacial score (nSPS) is 10.9. The molecule has 1 amide bonds. The Morgan fingerprint density at radius 3 is 2.55 bits per heavy atom. The lowest BCUT2D eigenvalue weighted by Gasteiger charge is -2.12. The van der Waals surface area contributed by atoms with E-state index in [1.54, 1.807) is 37.4 Å². The van der Waals surface area contributed by atoms with E-state index in [-0.39, 0.29) is 45.6 Å². The van der Waals surface area contributed by atoms with Crippen molar-refractivity contribution >= 4 is 29.1 Å². The standard InChI is InChI=1S/C27H19ClF2N6O2/c1-15-16(14-32-34-15)10-24(37)23-13-25(36(35-23)17-6-3-2-4-7-17)33-27(38)18-11-19(22(30)12-20(18)28)26-21(29)8-5-9-31-26/h2-9,11-14H,10H2,1H3,(H,32,34)(H,33,38). The molecule has 5 aromatic rings. The lowest BCUT2D eigenvalue weighted by Crippen LogP contribution is -2.16. The van der Waals surface area contributed by atoms with Crippen molar-refractivity contribution in [2.45, 2.75) is 13.3 Å². The minimum Gasteiger partial charge on any atom is -0.306 e. The zero-order valence-corrected chi connectivity index (χ0v) is 20.6. The Bertz CT molecular complexity index is 1670. The minimum atomic E-state index is -0.832. The average molecular weight is 533 g/mol. The SMILES string of the molecule is Cc1[nH]ncc1CC(=O)c1cc(NC(=O)c2cc(-c3ncccc3F)c(F)cc2Cl)n(-c2ccccc2)n1. The molecule has 38 heavy (non-hydrogen) atoms. The van der Waals surface area contributed by atoms with E-state index >= 15 is 0 Å². The number of benzene rings is 2. The second kappa shape index (κ2) is 10.3. The number of hydrogen-bond donors (Lipinski definition) is 2. The fraction of sp³-hybridized carbons (Fsp3) is 0.0741. The van der Waals surface area contributed by atoms with E-state index in [9.17, 15) is 18.4 Å². The van der Waals surface area contributed by atoms with Crippen molar-refractivity contribution in [3.8, 4) is 16.9 Å². The molecule has 0 saturated heterocycles. The number of nitrogens with zero attached hydrogens (tertiary/aromatic N) is 4. The van der Waals surface area contributed by atoms with Crippen LogP contribution >= 0.6 is 11.6 Å². The van der Waals surface area contributed by atoms with Crippen LogP contribution in [0.4, 0.5) is 14.6 Å². The largest absolute Gasteiger partial charge is 0.306 e. The summed E-state index contributed by atoms with van der Waals surface area (Å²) < 4.78 is 30.4. The fourth-order valence-electron chi connectivity index (χ4n) is 3.86. The molecule has 3 aromatic heterocycles. The van der Waals surface area contributed by atoms with Crippen molar-refractivity contribution in [1.82, 2.24) is 25.0 Å². The van der Waals surface area contributed by atoms with Crippen LogP contribution in [0.15, 0.2) is 73.1 Å². The molecule has 2 aromatic carbocycles. The first-order valence-corrected chi connectivity index (χ1v) is 11.8. The molecular formula is C27H19ClF2N6O2. The highest BCUT2D eigenvalue weighted by Crippen LogP contribution is 2.30.